The molecule has 1 aromatic rings. The Bertz CT molecular complexity index is 418. The lowest BCUT2D eigenvalue weighted by Crippen LogP contribution is -2.38. The molecule has 0 radical (unpaired) electrons. The van der Waals surface area contributed by atoms with Gasteiger partial charge in [-0.05, 0) is 42.7 Å². The van der Waals surface area contributed by atoms with Gasteiger partial charge in [0.2, 0.25) is 5.91 Å². The molecule has 0 aromatic carbocycles. The molecule has 1 aromatic heterocycles. The Balaban J connectivity index is 2.09. The zero-order valence-corrected chi connectivity index (χ0v) is 13.9. The molecule has 2 rings (SSSR count). The van der Waals surface area contributed by atoms with Crippen LogP contribution in [0.15, 0.2) is 11.4 Å². The van der Waals surface area contributed by atoms with E-state index in [2.05, 4.69) is 39.2 Å². The zero-order valence-electron chi connectivity index (χ0n) is 11.5. The molecule has 106 valence electrons. The quantitative estimate of drug-likeness (QED) is 0.709. The highest BCUT2D eigenvalue weighted by Crippen LogP contribution is 2.36. The molecule has 0 saturated heterocycles. The maximum Gasteiger partial charge on any atom is 0.230 e. The zero-order chi connectivity index (χ0) is 13.7. The third kappa shape index (κ3) is 3.60. The van der Waals surface area contributed by atoms with Gasteiger partial charge in [0.1, 0.15) is 0 Å². The number of fused-ring (bicyclic) bond motifs is 1. The second kappa shape index (κ2) is 7.44. The Morgan fingerprint density at radius 3 is 3.11 bits per heavy atom. The summed E-state index contributed by atoms with van der Waals surface area (Å²) in [6.45, 7) is 3.90. The van der Waals surface area contributed by atoms with E-state index < -0.39 is 0 Å². The fourth-order valence-corrected chi connectivity index (χ4v) is 4.16. The maximum atomic E-state index is 12.8. The highest BCUT2D eigenvalue weighted by Gasteiger charge is 2.30. The van der Waals surface area contributed by atoms with Crippen LogP contribution in [-0.4, -0.2) is 29.2 Å². The number of carbonyl (C=O) groups is 1. The summed E-state index contributed by atoms with van der Waals surface area (Å²) in [5, 5.41) is 3.00. The highest BCUT2D eigenvalue weighted by molar-refractivity contribution is 9.09. The topological polar surface area (TPSA) is 20.3 Å². The van der Waals surface area contributed by atoms with Gasteiger partial charge >= 0.3 is 0 Å². The number of alkyl halides is 1. The van der Waals surface area contributed by atoms with Crippen molar-refractivity contribution >= 4 is 33.2 Å². The second-order valence-corrected chi connectivity index (χ2v) is 6.91. The van der Waals surface area contributed by atoms with Crippen molar-refractivity contribution < 1.29 is 4.79 Å². The van der Waals surface area contributed by atoms with Gasteiger partial charge in [-0.25, -0.2) is 0 Å². The van der Waals surface area contributed by atoms with E-state index in [4.69, 9.17) is 0 Å². The van der Waals surface area contributed by atoms with Crippen molar-refractivity contribution in [2.75, 3.05) is 18.4 Å². The third-order valence-corrected chi connectivity index (χ3v) is 5.15. The first-order valence-corrected chi connectivity index (χ1v) is 9.19. The minimum absolute atomic E-state index is 0.117. The van der Waals surface area contributed by atoms with Crippen molar-refractivity contribution in [2.45, 2.75) is 44.9 Å². The maximum absolute atomic E-state index is 12.8. The van der Waals surface area contributed by atoms with Crippen LogP contribution in [0.25, 0.3) is 0 Å². The van der Waals surface area contributed by atoms with Crippen molar-refractivity contribution in [3.05, 3.63) is 21.9 Å². The van der Waals surface area contributed by atoms with E-state index in [1.165, 1.54) is 10.4 Å². The summed E-state index contributed by atoms with van der Waals surface area (Å²) < 4.78 is 0. The van der Waals surface area contributed by atoms with Gasteiger partial charge in [-0.15, -0.1) is 11.3 Å². The van der Waals surface area contributed by atoms with Crippen LogP contribution in [0.5, 0.6) is 0 Å². The number of aryl methyl sites for hydroxylation is 1. The molecule has 0 saturated carbocycles. The first-order valence-electron chi connectivity index (χ1n) is 7.19. The van der Waals surface area contributed by atoms with Gasteiger partial charge in [0.25, 0.3) is 0 Å². The van der Waals surface area contributed by atoms with Gasteiger partial charge < -0.3 is 4.90 Å². The minimum atomic E-state index is 0.117. The highest BCUT2D eigenvalue weighted by atomic mass is 79.9. The Labute approximate surface area is 128 Å². The number of amides is 1. The Kier molecular flexibility index (Phi) is 5.89. The molecular weight excluding hydrogens is 322 g/mol. The monoisotopic (exact) mass is 343 g/mol. The molecular formula is C15H22BrNOS. The SMILES string of the molecule is CCCCN(CCBr)C(=O)C1CCCc2sccc21. The van der Waals surface area contributed by atoms with E-state index in [9.17, 15) is 4.79 Å². The molecule has 0 spiro atoms. The molecule has 1 atom stereocenters. The number of hydrogen-bond donors (Lipinski definition) is 0. The van der Waals surface area contributed by atoms with Crippen molar-refractivity contribution in [1.82, 2.24) is 4.90 Å². The fourth-order valence-electron chi connectivity index (χ4n) is 2.75. The molecule has 1 unspecified atom stereocenters. The molecule has 4 heteroatoms. The molecule has 0 fully saturated rings. The molecule has 1 heterocycles. The van der Waals surface area contributed by atoms with Crippen LogP contribution in [0, 0.1) is 0 Å². The van der Waals surface area contributed by atoms with Gasteiger partial charge in [0.15, 0.2) is 0 Å². The summed E-state index contributed by atoms with van der Waals surface area (Å²) in [6.07, 6.45) is 5.57. The van der Waals surface area contributed by atoms with Gasteiger partial charge in [0, 0.05) is 23.3 Å². The van der Waals surface area contributed by atoms with Gasteiger partial charge in [-0.2, -0.15) is 0 Å². The van der Waals surface area contributed by atoms with E-state index in [-0.39, 0.29) is 5.92 Å². The smallest absolute Gasteiger partial charge is 0.230 e. The predicted octanol–water partition coefficient (Wildman–Crippen LogP) is 4.19. The third-order valence-electron chi connectivity index (χ3n) is 3.80. The molecule has 0 bridgehead atoms. The van der Waals surface area contributed by atoms with Crippen molar-refractivity contribution in [1.29, 1.82) is 0 Å². The number of thiophene rings is 1. The minimum Gasteiger partial charge on any atom is -0.341 e. The van der Waals surface area contributed by atoms with Crippen LogP contribution in [0.4, 0.5) is 0 Å². The van der Waals surface area contributed by atoms with Gasteiger partial charge in [-0.3, -0.25) is 4.79 Å². The lowest BCUT2D eigenvalue weighted by Gasteiger charge is -2.29. The Morgan fingerprint density at radius 2 is 2.37 bits per heavy atom. The Morgan fingerprint density at radius 1 is 1.53 bits per heavy atom. The van der Waals surface area contributed by atoms with Gasteiger partial charge in [0.05, 0.1) is 5.92 Å². The normalized spacial score (nSPS) is 18.1. The molecule has 19 heavy (non-hydrogen) atoms. The average Bonchev–Trinajstić information content (AvgIpc) is 2.91. The summed E-state index contributed by atoms with van der Waals surface area (Å²) in [7, 11) is 0. The second-order valence-electron chi connectivity index (χ2n) is 5.11. The number of nitrogens with zero attached hydrogens (tertiary/aromatic N) is 1. The van der Waals surface area contributed by atoms with Crippen molar-refractivity contribution in [3.63, 3.8) is 0 Å². The number of rotatable bonds is 6. The van der Waals surface area contributed by atoms with E-state index in [1.54, 1.807) is 0 Å². The van der Waals surface area contributed by atoms with E-state index >= 15 is 0 Å². The van der Waals surface area contributed by atoms with Crippen LogP contribution in [0.2, 0.25) is 0 Å². The lowest BCUT2D eigenvalue weighted by molar-refractivity contribution is -0.133. The molecule has 1 aliphatic rings. The van der Waals surface area contributed by atoms with E-state index in [1.807, 2.05) is 11.3 Å². The molecule has 1 amide bonds. The standard InChI is InChI=1S/C15H22BrNOS/c1-2-3-9-17(10-8-16)15(18)13-5-4-6-14-12(13)7-11-19-14/h7,11,13H,2-6,8-10H2,1H3. The summed E-state index contributed by atoms with van der Waals surface area (Å²) in [5.41, 5.74) is 1.30. The number of hydrogen-bond acceptors (Lipinski definition) is 2. The lowest BCUT2D eigenvalue weighted by atomic mass is 9.86. The first-order chi connectivity index (χ1) is 9.27. The molecule has 0 N–H and O–H groups in total. The van der Waals surface area contributed by atoms with Gasteiger partial charge in [-0.1, -0.05) is 29.3 Å². The fraction of sp³-hybridized carbons (Fsp3) is 0.667. The summed E-state index contributed by atoms with van der Waals surface area (Å²) in [5.74, 6) is 0.457. The van der Waals surface area contributed by atoms with Crippen LogP contribution in [0.1, 0.15) is 49.0 Å². The van der Waals surface area contributed by atoms with E-state index in [0.29, 0.717) is 5.91 Å². The van der Waals surface area contributed by atoms with Crippen molar-refractivity contribution in [2.24, 2.45) is 0 Å². The summed E-state index contributed by atoms with van der Waals surface area (Å²) in [6, 6.07) is 2.16. The number of carbonyl (C=O) groups excluding carboxylic acids is 1. The number of unbranched alkanes of at least 4 members (excludes halogenated alkanes) is 1. The average molecular weight is 344 g/mol. The van der Waals surface area contributed by atoms with Crippen LogP contribution >= 0.6 is 27.3 Å². The van der Waals surface area contributed by atoms with Crippen molar-refractivity contribution in [3.8, 4) is 0 Å². The molecule has 1 aliphatic carbocycles. The number of halogens is 1. The summed E-state index contributed by atoms with van der Waals surface area (Å²) >= 11 is 5.28. The van der Waals surface area contributed by atoms with E-state index in [0.717, 1.165) is 50.5 Å². The predicted molar refractivity (Wildman–Crippen MR) is 85.3 cm³/mol. The van der Waals surface area contributed by atoms with Crippen LogP contribution in [-0.2, 0) is 11.2 Å². The Hall–Kier alpha value is -0.350. The summed E-state index contributed by atoms with van der Waals surface area (Å²) in [4.78, 5) is 16.2. The molecule has 0 aliphatic heterocycles. The van der Waals surface area contributed by atoms with Crippen LogP contribution < -0.4 is 0 Å². The molecule has 2 nitrogen and oxygen atoms in total. The van der Waals surface area contributed by atoms with Crippen LogP contribution in [0.3, 0.4) is 0 Å². The largest absolute Gasteiger partial charge is 0.341 e. The first kappa shape index (κ1) is 15.0.